The summed E-state index contributed by atoms with van der Waals surface area (Å²) in [7, 11) is 0. The standard InChI is InChI=1S/C31H20ClN3/c32-31-34-29(22-10-5-2-6-11-22)33-30(35-31)28-13-7-12-23(20-28)25-16-17-26-18-24(14-15-27(26)19-25)21-8-3-1-4-9-21/h1-20H/i12D,13D,20D. The Labute approximate surface area is 213 Å². The molecule has 0 unspecified atom stereocenters. The molecule has 3 nitrogen and oxygen atoms in total. The average Bonchev–Trinajstić information content (AvgIpc) is 2.93. The minimum Gasteiger partial charge on any atom is -0.208 e. The van der Waals surface area contributed by atoms with Crippen molar-refractivity contribution in [2.24, 2.45) is 0 Å². The molecular weight excluding hydrogens is 450 g/mol. The Bertz CT molecular complexity index is 1810. The van der Waals surface area contributed by atoms with E-state index in [4.69, 9.17) is 15.7 Å². The second-order valence-corrected chi connectivity index (χ2v) is 8.41. The highest BCUT2D eigenvalue weighted by molar-refractivity contribution is 6.28. The third-order valence-electron chi connectivity index (χ3n) is 5.78. The van der Waals surface area contributed by atoms with Gasteiger partial charge in [-0.3, -0.25) is 0 Å². The summed E-state index contributed by atoms with van der Waals surface area (Å²) < 4.78 is 26.2. The Morgan fingerprint density at radius 3 is 1.69 bits per heavy atom. The fourth-order valence-corrected chi connectivity index (χ4v) is 4.20. The Morgan fingerprint density at radius 1 is 0.486 bits per heavy atom. The summed E-state index contributed by atoms with van der Waals surface area (Å²) in [5, 5.41) is 2.03. The molecule has 0 atom stereocenters. The van der Waals surface area contributed by atoms with Crippen molar-refractivity contribution in [1.29, 1.82) is 0 Å². The third kappa shape index (κ3) is 4.42. The van der Waals surface area contributed by atoms with Crippen LogP contribution in [0.1, 0.15) is 4.11 Å². The Kier molecular flexibility index (Phi) is 4.71. The maximum atomic E-state index is 9.02. The molecule has 0 aliphatic rings. The van der Waals surface area contributed by atoms with Crippen molar-refractivity contribution >= 4 is 22.4 Å². The fourth-order valence-electron chi connectivity index (χ4n) is 4.04. The zero-order valence-corrected chi connectivity index (χ0v) is 19.3. The molecule has 0 radical (unpaired) electrons. The molecule has 0 N–H and O–H groups in total. The first-order chi connectivity index (χ1) is 18.5. The van der Waals surface area contributed by atoms with Crippen LogP contribution in [0.5, 0.6) is 0 Å². The van der Waals surface area contributed by atoms with Crippen LogP contribution in [-0.2, 0) is 0 Å². The van der Waals surface area contributed by atoms with E-state index < -0.39 is 0 Å². The molecule has 0 amide bonds. The van der Waals surface area contributed by atoms with E-state index in [2.05, 4.69) is 39.2 Å². The number of nitrogens with zero attached hydrogens (tertiary/aromatic N) is 3. The van der Waals surface area contributed by atoms with Crippen LogP contribution < -0.4 is 0 Å². The monoisotopic (exact) mass is 472 g/mol. The summed E-state index contributed by atoms with van der Waals surface area (Å²) in [4.78, 5) is 13.0. The summed E-state index contributed by atoms with van der Waals surface area (Å²) >= 11 is 6.24. The molecule has 0 fully saturated rings. The summed E-state index contributed by atoms with van der Waals surface area (Å²) in [5.41, 5.74) is 4.33. The molecule has 35 heavy (non-hydrogen) atoms. The van der Waals surface area contributed by atoms with E-state index >= 15 is 0 Å². The number of fused-ring (bicyclic) bond motifs is 1. The van der Waals surface area contributed by atoms with Gasteiger partial charge >= 0.3 is 0 Å². The summed E-state index contributed by atoms with van der Waals surface area (Å²) in [5.74, 6) is 0.490. The molecule has 0 bridgehead atoms. The van der Waals surface area contributed by atoms with Crippen LogP contribution in [0.2, 0.25) is 5.28 Å². The van der Waals surface area contributed by atoms with E-state index in [1.54, 1.807) is 0 Å². The average molecular weight is 473 g/mol. The number of rotatable bonds is 4. The van der Waals surface area contributed by atoms with Crippen molar-refractivity contribution in [3.8, 4) is 45.0 Å². The van der Waals surface area contributed by atoms with Gasteiger partial charge < -0.3 is 0 Å². The van der Waals surface area contributed by atoms with Gasteiger partial charge in [-0.1, -0.05) is 103 Å². The largest absolute Gasteiger partial charge is 0.226 e. The molecule has 1 heterocycles. The topological polar surface area (TPSA) is 38.7 Å². The Morgan fingerprint density at radius 2 is 1.03 bits per heavy atom. The van der Waals surface area contributed by atoms with Crippen molar-refractivity contribution in [3.05, 3.63) is 127 Å². The maximum Gasteiger partial charge on any atom is 0.226 e. The molecule has 0 saturated carbocycles. The number of benzene rings is 5. The van der Waals surface area contributed by atoms with Crippen LogP contribution in [0.3, 0.4) is 0 Å². The lowest BCUT2D eigenvalue weighted by Crippen LogP contribution is -1.97. The lowest BCUT2D eigenvalue weighted by molar-refractivity contribution is 1.07. The maximum absolute atomic E-state index is 9.02. The van der Waals surface area contributed by atoms with Crippen molar-refractivity contribution in [2.45, 2.75) is 0 Å². The molecule has 166 valence electrons. The lowest BCUT2D eigenvalue weighted by atomic mass is 9.97. The summed E-state index contributed by atoms with van der Waals surface area (Å²) in [6.07, 6.45) is 0. The Hall–Kier alpha value is -4.34. The molecule has 4 heteroatoms. The first kappa shape index (κ1) is 18.0. The van der Waals surface area contributed by atoms with E-state index in [0.29, 0.717) is 17.0 Å². The van der Waals surface area contributed by atoms with Gasteiger partial charge in [0.2, 0.25) is 5.28 Å². The predicted octanol–water partition coefficient (Wildman–Crippen LogP) is 8.35. The predicted molar refractivity (Wildman–Crippen MR) is 144 cm³/mol. The van der Waals surface area contributed by atoms with Gasteiger partial charge in [-0.15, -0.1) is 0 Å². The summed E-state index contributed by atoms with van der Waals surface area (Å²) in [6.45, 7) is 0. The van der Waals surface area contributed by atoms with Gasteiger partial charge in [-0.05, 0) is 62.8 Å². The minimum absolute atomic E-state index is 0.00374. The van der Waals surface area contributed by atoms with Gasteiger partial charge in [-0.25, -0.2) is 4.98 Å². The minimum atomic E-state index is -0.0240. The van der Waals surface area contributed by atoms with Crippen molar-refractivity contribution in [2.75, 3.05) is 0 Å². The zero-order chi connectivity index (χ0) is 26.2. The van der Waals surface area contributed by atoms with E-state index in [0.717, 1.165) is 27.5 Å². The van der Waals surface area contributed by atoms with Crippen LogP contribution in [-0.4, -0.2) is 15.0 Å². The molecule has 0 spiro atoms. The van der Waals surface area contributed by atoms with Crippen LogP contribution in [0.15, 0.2) is 121 Å². The molecule has 0 saturated heterocycles. The first-order valence-corrected chi connectivity index (χ1v) is 11.5. The second kappa shape index (κ2) is 9.13. The Balaban J connectivity index is 1.47. The second-order valence-electron chi connectivity index (χ2n) is 8.07. The molecule has 6 aromatic rings. The van der Waals surface area contributed by atoms with Gasteiger partial charge in [0, 0.05) is 11.1 Å². The first-order valence-electron chi connectivity index (χ1n) is 12.7. The highest BCUT2D eigenvalue weighted by Gasteiger charge is 2.11. The van der Waals surface area contributed by atoms with Crippen LogP contribution in [0.25, 0.3) is 55.8 Å². The number of hydrogen-bond donors (Lipinski definition) is 0. The number of aromatic nitrogens is 3. The van der Waals surface area contributed by atoms with Crippen LogP contribution in [0.4, 0.5) is 0 Å². The quantitative estimate of drug-likeness (QED) is 0.259. The van der Waals surface area contributed by atoms with E-state index in [1.165, 1.54) is 6.07 Å². The molecule has 0 aliphatic carbocycles. The number of hydrogen-bond acceptors (Lipinski definition) is 3. The fraction of sp³-hybridized carbons (Fsp3) is 0. The molecule has 1 aromatic heterocycles. The van der Waals surface area contributed by atoms with Gasteiger partial charge in [0.1, 0.15) is 0 Å². The number of halogens is 1. The molecule has 6 rings (SSSR count). The van der Waals surface area contributed by atoms with Crippen molar-refractivity contribution in [1.82, 2.24) is 15.0 Å². The molecule has 5 aromatic carbocycles. The molecule has 0 aliphatic heterocycles. The van der Waals surface area contributed by atoms with E-state index in [1.807, 2.05) is 72.8 Å². The van der Waals surface area contributed by atoms with Gasteiger partial charge in [0.05, 0.1) is 4.11 Å². The smallest absolute Gasteiger partial charge is 0.208 e. The third-order valence-corrected chi connectivity index (χ3v) is 5.95. The SMILES string of the molecule is [2H]c1cc([2H])c(-c2nc(Cl)nc(-c3ccccc3)n2)c([2H])c1-c1ccc2cc(-c3ccccc3)ccc2c1. The van der Waals surface area contributed by atoms with Gasteiger partial charge in [0.15, 0.2) is 11.6 Å². The highest BCUT2D eigenvalue weighted by Crippen LogP contribution is 2.30. The lowest BCUT2D eigenvalue weighted by Gasteiger charge is -2.09. The normalized spacial score (nSPS) is 12.2. The van der Waals surface area contributed by atoms with Gasteiger partial charge in [-0.2, -0.15) is 9.97 Å². The zero-order valence-electron chi connectivity index (χ0n) is 21.5. The van der Waals surface area contributed by atoms with Crippen LogP contribution >= 0.6 is 11.6 Å². The van der Waals surface area contributed by atoms with E-state index in [9.17, 15) is 0 Å². The summed E-state index contributed by atoms with van der Waals surface area (Å²) in [6, 6.07) is 33.2. The van der Waals surface area contributed by atoms with Gasteiger partial charge in [0.25, 0.3) is 0 Å². The van der Waals surface area contributed by atoms with Crippen molar-refractivity contribution in [3.63, 3.8) is 0 Å². The van der Waals surface area contributed by atoms with E-state index in [-0.39, 0.29) is 34.8 Å². The highest BCUT2D eigenvalue weighted by atomic mass is 35.5. The molecular formula is C31H20ClN3. The van der Waals surface area contributed by atoms with Crippen LogP contribution in [0, 0.1) is 0 Å². The van der Waals surface area contributed by atoms with Crippen molar-refractivity contribution < 1.29 is 4.11 Å².